The van der Waals surface area contributed by atoms with E-state index >= 15 is 0 Å². The third-order valence-electron chi connectivity index (χ3n) is 5.31. The van der Waals surface area contributed by atoms with E-state index in [2.05, 4.69) is 9.30 Å². The van der Waals surface area contributed by atoms with Gasteiger partial charge in [-0.3, -0.25) is 9.69 Å². The van der Waals surface area contributed by atoms with Gasteiger partial charge in [0.25, 0.3) is 0 Å². The quantitative estimate of drug-likeness (QED) is 0.763. The molecule has 27 heavy (non-hydrogen) atoms. The standard InChI is InChI=1S/C21H22FN3O2/c1-14-6-11-25-18(13-24-9-7-16(8-10-24)21(26)27)20(23-19(25)12-14)15-2-4-17(22)5-3-15/h2-6,11-12,16H,7-10,13H2,1H3,(H,26,27). The maximum absolute atomic E-state index is 13.4. The molecule has 0 atom stereocenters. The third kappa shape index (κ3) is 3.57. The van der Waals surface area contributed by atoms with E-state index in [1.165, 1.54) is 12.1 Å². The fourth-order valence-electron chi connectivity index (χ4n) is 3.74. The minimum atomic E-state index is -0.702. The normalized spacial score (nSPS) is 16.1. The molecule has 0 spiro atoms. The summed E-state index contributed by atoms with van der Waals surface area (Å²) in [6, 6.07) is 10.5. The van der Waals surface area contributed by atoms with Crippen LogP contribution in [0.1, 0.15) is 24.1 Å². The first-order chi connectivity index (χ1) is 13.0. The van der Waals surface area contributed by atoms with Gasteiger partial charge in [0, 0.05) is 18.3 Å². The summed E-state index contributed by atoms with van der Waals surface area (Å²) in [6.45, 7) is 4.21. The maximum atomic E-state index is 13.4. The lowest BCUT2D eigenvalue weighted by atomic mass is 9.97. The molecule has 1 aromatic carbocycles. The van der Waals surface area contributed by atoms with Gasteiger partial charge in [-0.1, -0.05) is 0 Å². The number of piperidine rings is 1. The van der Waals surface area contributed by atoms with Crippen LogP contribution in [0.2, 0.25) is 0 Å². The van der Waals surface area contributed by atoms with Crippen molar-refractivity contribution in [3.8, 4) is 11.3 Å². The molecular formula is C21H22FN3O2. The number of aromatic nitrogens is 2. The van der Waals surface area contributed by atoms with Gasteiger partial charge in [-0.2, -0.15) is 0 Å². The number of carboxylic acid groups (broad SMARTS) is 1. The number of rotatable bonds is 4. The predicted octanol–water partition coefficient (Wildman–Crippen LogP) is 3.75. The number of fused-ring (bicyclic) bond motifs is 1. The lowest BCUT2D eigenvalue weighted by Gasteiger charge is -2.30. The van der Waals surface area contributed by atoms with Crippen molar-refractivity contribution in [3.63, 3.8) is 0 Å². The van der Waals surface area contributed by atoms with Crippen LogP contribution in [0.3, 0.4) is 0 Å². The van der Waals surface area contributed by atoms with Gasteiger partial charge in [-0.15, -0.1) is 0 Å². The predicted molar refractivity (Wildman–Crippen MR) is 101 cm³/mol. The molecule has 0 radical (unpaired) electrons. The fraction of sp³-hybridized carbons (Fsp3) is 0.333. The highest BCUT2D eigenvalue weighted by atomic mass is 19.1. The van der Waals surface area contributed by atoms with Crippen molar-refractivity contribution < 1.29 is 14.3 Å². The first kappa shape index (κ1) is 17.7. The van der Waals surface area contributed by atoms with Crippen molar-refractivity contribution >= 4 is 11.6 Å². The van der Waals surface area contributed by atoms with E-state index in [1.807, 2.05) is 25.3 Å². The van der Waals surface area contributed by atoms with Crippen LogP contribution in [0.15, 0.2) is 42.6 Å². The number of hydrogen-bond acceptors (Lipinski definition) is 3. The SMILES string of the molecule is Cc1ccn2c(CN3CCC(C(=O)O)CC3)c(-c3ccc(F)cc3)nc2c1. The van der Waals surface area contributed by atoms with Crippen LogP contribution in [0.5, 0.6) is 0 Å². The summed E-state index contributed by atoms with van der Waals surface area (Å²) in [5.41, 5.74) is 4.77. The number of carboxylic acids is 1. The molecule has 0 saturated carbocycles. The minimum Gasteiger partial charge on any atom is -0.481 e. The van der Waals surface area contributed by atoms with Crippen LogP contribution >= 0.6 is 0 Å². The smallest absolute Gasteiger partial charge is 0.306 e. The first-order valence-electron chi connectivity index (χ1n) is 9.20. The van der Waals surface area contributed by atoms with Crippen LogP contribution in [-0.2, 0) is 11.3 Å². The molecule has 0 aliphatic carbocycles. The summed E-state index contributed by atoms with van der Waals surface area (Å²) in [7, 11) is 0. The Kier molecular flexibility index (Phi) is 4.66. The number of aryl methyl sites for hydroxylation is 1. The zero-order valence-electron chi connectivity index (χ0n) is 15.2. The summed E-state index contributed by atoms with van der Waals surface area (Å²) < 4.78 is 15.4. The molecule has 0 amide bonds. The van der Waals surface area contributed by atoms with E-state index in [0.717, 1.165) is 41.3 Å². The Labute approximate surface area is 157 Å². The summed E-state index contributed by atoms with van der Waals surface area (Å²) in [5.74, 6) is -1.22. The summed E-state index contributed by atoms with van der Waals surface area (Å²) in [6.07, 6.45) is 3.35. The lowest BCUT2D eigenvalue weighted by molar-refractivity contribution is -0.143. The molecule has 5 nitrogen and oxygen atoms in total. The van der Waals surface area contributed by atoms with Crippen molar-refractivity contribution in [1.82, 2.24) is 14.3 Å². The molecular weight excluding hydrogens is 345 g/mol. The van der Waals surface area contributed by atoms with Crippen LogP contribution in [0, 0.1) is 18.7 Å². The zero-order chi connectivity index (χ0) is 19.0. The lowest BCUT2D eigenvalue weighted by Crippen LogP contribution is -2.36. The number of carbonyl (C=O) groups is 1. The number of nitrogens with zero attached hydrogens (tertiary/aromatic N) is 3. The Morgan fingerprint density at radius 3 is 2.59 bits per heavy atom. The van der Waals surface area contributed by atoms with Gasteiger partial charge in [0.15, 0.2) is 0 Å². The van der Waals surface area contributed by atoms with E-state index in [-0.39, 0.29) is 11.7 Å². The van der Waals surface area contributed by atoms with E-state index in [1.54, 1.807) is 12.1 Å². The molecule has 2 aromatic heterocycles. The number of likely N-dealkylation sites (tertiary alicyclic amines) is 1. The van der Waals surface area contributed by atoms with Gasteiger partial charge in [-0.05, 0) is 74.8 Å². The Morgan fingerprint density at radius 1 is 1.22 bits per heavy atom. The van der Waals surface area contributed by atoms with Gasteiger partial charge >= 0.3 is 5.97 Å². The number of pyridine rings is 1. The average molecular weight is 367 g/mol. The molecule has 1 aliphatic heterocycles. The maximum Gasteiger partial charge on any atom is 0.306 e. The first-order valence-corrected chi connectivity index (χ1v) is 9.20. The molecule has 4 rings (SSSR count). The Balaban J connectivity index is 1.69. The molecule has 1 N–H and O–H groups in total. The van der Waals surface area contributed by atoms with Crippen molar-refractivity contribution in [1.29, 1.82) is 0 Å². The van der Waals surface area contributed by atoms with E-state index in [4.69, 9.17) is 4.98 Å². The fourth-order valence-corrected chi connectivity index (χ4v) is 3.74. The molecule has 6 heteroatoms. The Morgan fingerprint density at radius 2 is 1.93 bits per heavy atom. The largest absolute Gasteiger partial charge is 0.481 e. The van der Waals surface area contributed by atoms with Gasteiger partial charge in [0.05, 0.1) is 17.3 Å². The molecule has 1 fully saturated rings. The summed E-state index contributed by atoms with van der Waals surface area (Å²) >= 11 is 0. The van der Waals surface area contributed by atoms with E-state index in [9.17, 15) is 14.3 Å². The molecule has 3 aromatic rings. The molecule has 1 aliphatic rings. The van der Waals surface area contributed by atoms with Gasteiger partial charge < -0.3 is 9.51 Å². The molecule has 0 bridgehead atoms. The van der Waals surface area contributed by atoms with Crippen molar-refractivity contribution in [2.45, 2.75) is 26.3 Å². The Hall–Kier alpha value is -2.73. The second kappa shape index (κ2) is 7.12. The molecule has 140 valence electrons. The minimum absolute atomic E-state index is 0.248. The number of aliphatic carboxylic acids is 1. The number of halogens is 1. The van der Waals surface area contributed by atoms with E-state index in [0.29, 0.717) is 19.4 Å². The second-order valence-corrected chi connectivity index (χ2v) is 7.23. The average Bonchev–Trinajstić information content (AvgIpc) is 3.00. The third-order valence-corrected chi connectivity index (χ3v) is 5.31. The highest BCUT2D eigenvalue weighted by Gasteiger charge is 2.26. The number of imidazole rings is 1. The second-order valence-electron chi connectivity index (χ2n) is 7.23. The van der Waals surface area contributed by atoms with Crippen LogP contribution < -0.4 is 0 Å². The van der Waals surface area contributed by atoms with Crippen LogP contribution in [-0.4, -0.2) is 38.4 Å². The van der Waals surface area contributed by atoms with Crippen LogP contribution in [0.25, 0.3) is 16.9 Å². The van der Waals surface area contributed by atoms with Gasteiger partial charge in [0.2, 0.25) is 0 Å². The summed E-state index contributed by atoms with van der Waals surface area (Å²) in [4.78, 5) is 18.3. The van der Waals surface area contributed by atoms with Gasteiger partial charge in [0.1, 0.15) is 11.5 Å². The van der Waals surface area contributed by atoms with E-state index < -0.39 is 5.97 Å². The van der Waals surface area contributed by atoms with Crippen LogP contribution in [0.4, 0.5) is 4.39 Å². The van der Waals surface area contributed by atoms with Crippen molar-refractivity contribution in [2.75, 3.05) is 13.1 Å². The van der Waals surface area contributed by atoms with Crippen molar-refractivity contribution in [3.05, 3.63) is 59.7 Å². The number of hydrogen-bond donors (Lipinski definition) is 1. The number of benzene rings is 1. The molecule has 1 saturated heterocycles. The summed E-state index contributed by atoms with van der Waals surface area (Å²) in [5, 5.41) is 9.20. The zero-order valence-corrected chi connectivity index (χ0v) is 15.2. The molecule has 0 unspecified atom stereocenters. The highest BCUT2D eigenvalue weighted by Crippen LogP contribution is 2.28. The van der Waals surface area contributed by atoms with Gasteiger partial charge in [-0.25, -0.2) is 9.37 Å². The monoisotopic (exact) mass is 367 g/mol. The highest BCUT2D eigenvalue weighted by molar-refractivity contribution is 5.70. The van der Waals surface area contributed by atoms with Crippen molar-refractivity contribution in [2.24, 2.45) is 5.92 Å². The molecule has 3 heterocycles. The Bertz CT molecular complexity index is 973. The topological polar surface area (TPSA) is 57.8 Å².